The van der Waals surface area contributed by atoms with Gasteiger partial charge in [0.15, 0.2) is 11.5 Å². The Balaban J connectivity index is 1.49. The van der Waals surface area contributed by atoms with E-state index in [1.54, 1.807) is 32.5 Å². The van der Waals surface area contributed by atoms with E-state index in [9.17, 15) is 4.79 Å². The van der Waals surface area contributed by atoms with E-state index < -0.39 is 5.91 Å². The average molecular weight is 411 g/mol. The lowest BCUT2D eigenvalue weighted by Crippen LogP contribution is -2.44. The topological polar surface area (TPSA) is 80.9 Å². The van der Waals surface area contributed by atoms with Crippen molar-refractivity contribution in [3.8, 4) is 11.5 Å². The van der Waals surface area contributed by atoms with Crippen LogP contribution in [0, 0.1) is 5.41 Å². The number of piperidine rings is 1. The fraction of sp³-hybridized carbons (Fsp3) is 0.478. The van der Waals surface area contributed by atoms with Gasteiger partial charge in [0.25, 0.3) is 5.91 Å². The quantitative estimate of drug-likeness (QED) is 0.789. The van der Waals surface area contributed by atoms with Crippen molar-refractivity contribution in [2.45, 2.75) is 25.8 Å². The van der Waals surface area contributed by atoms with Crippen LogP contribution in [-0.2, 0) is 6.54 Å². The van der Waals surface area contributed by atoms with Gasteiger partial charge >= 0.3 is 0 Å². The minimum Gasteiger partial charge on any atom is -0.493 e. The number of likely N-dealkylation sites (tertiary alicyclic amines) is 1. The number of ether oxygens (including phenoxy) is 2. The highest BCUT2D eigenvalue weighted by Crippen LogP contribution is 2.42. The van der Waals surface area contributed by atoms with E-state index in [1.165, 1.54) is 6.42 Å². The third-order valence-electron chi connectivity index (χ3n) is 6.41. The van der Waals surface area contributed by atoms with Crippen LogP contribution in [0.1, 0.15) is 35.2 Å². The van der Waals surface area contributed by atoms with Crippen molar-refractivity contribution in [3.05, 3.63) is 47.7 Å². The van der Waals surface area contributed by atoms with Gasteiger partial charge in [-0.1, -0.05) is 12.1 Å². The third kappa shape index (κ3) is 3.94. The molecule has 2 fully saturated rings. The van der Waals surface area contributed by atoms with E-state index in [4.69, 9.17) is 15.2 Å². The molecule has 1 atom stereocenters. The lowest BCUT2D eigenvalue weighted by Gasteiger charge is -2.40. The number of para-hydroxylation sites is 1. The molecule has 1 aromatic carbocycles. The van der Waals surface area contributed by atoms with E-state index in [0.717, 1.165) is 62.6 Å². The van der Waals surface area contributed by atoms with Crippen molar-refractivity contribution in [2.24, 2.45) is 11.1 Å². The number of nitrogens with two attached hydrogens (primary N) is 1. The predicted molar refractivity (Wildman–Crippen MR) is 116 cm³/mol. The Morgan fingerprint density at radius 3 is 2.77 bits per heavy atom. The summed E-state index contributed by atoms with van der Waals surface area (Å²) in [6, 6.07) is 9.58. The van der Waals surface area contributed by atoms with Crippen LogP contribution in [0.25, 0.3) is 0 Å². The second-order valence-electron chi connectivity index (χ2n) is 8.38. The number of pyridine rings is 1. The fourth-order valence-corrected chi connectivity index (χ4v) is 5.05. The summed E-state index contributed by atoms with van der Waals surface area (Å²) < 4.78 is 11.1. The lowest BCUT2D eigenvalue weighted by atomic mass is 9.79. The molecule has 7 heteroatoms. The molecule has 30 heavy (non-hydrogen) atoms. The van der Waals surface area contributed by atoms with Gasteiger partial charge in [-0.15, -0.1) is 0 Å². The first-order chi connectivity index (χ1) is 14.5. The van der Waals surface area contributed by atoms with Gasteiger partial charge in [0.1, 0.15) is 5.82 Å². The van der Waals surface area contributed by atoms with Gasteiger partial charge in [0, 0.05) is 43.4 Å². The minimum atomic E-state index is -0.422. The fourth-order valence-electron chi connectivity index (χ4n) is 5.05. The molecule has 0 unspecified atom stereocenters. The third-order valence-corrected chi connectivity index (χ3v) is 6.41. The summed E-state index contributed by atoms with van der Waals surface area (Å²) in [5.74, 6) is 1.87. The highest BCUT2D eigenvalue weighted by molar-refractivity contribution is 5.97. The highest BCUT2D eigenvalue weighted by Gasteiger charge is 2.42. The maximum Gasteiger partial charge on any atom is 0.252 e. The molecule has 0 aliphatic carbocycles. The second-order valence-corrected chi connectivity index (χ2v) is 8.38. The van der Waals surface area contributed by atoms with E-state index >= 15 is 0 Å². The normalized spacial score (nSPS) is 21.7. The SMILES string of the molecule is COc1cccc(CN2CCC[C@]3(CCN(c4ncccc4C(N)=O)C3)C2)c1OC. The van der Waals surface area contributed by atoms with E-state index in [-0.39, 0.29) is 5.41 Å². The van der Waals surface area contributed by atoms with E-state index in [1.807, 2.05) is 12.1 Å². The van der Waals surface area contributed by atoms with Crippen molar-refractivity contribution >= 4 is 11.7 Å². The molecule has 2 N–H and O–H groups in total. The lowest BCUT2D eigenvalue weighted by molar-refractivity contribution is 0.0979. The molecule has 1 aromatic heterocycles. The summed E-state index contributed by atoms with van der Waals surface area (Å²) in [4.78, 5) is 21.1. The number of rotatable bonds is 6. The Labute approximate surface area is 177 Å². The summed E-state index contributed by atoms with van der Waals surface area (Å²) in [5, 5.41) is 0. The number of anilines is 1. The predicted octanol–water partition coefficient (Wildman–Crippen LogP) is 2.69. The number of methoxy groups -OCH3 is 2. The standard InChI is InChI=1S/C23H30N4O3/c1-29-19-8-3-6-17(20(19)30-2)14-26-12-5-9-23(15-26)10-13-27(16-23)22-18(21(24)28)7-4-11-25-22/h3-4,6-8,11H,5,9-10,12-16H2,1-2H3,(H2,24,28)/t23-/m0/s1. The summed E-state index contributed by atoms with van der Waals surface area (Å²) in [7, 11) is 3.36. The van der Waals surface area contributed by atoms with Gasteiger partial charge in [0.2, 0.25) is 0 Å². The van der Waals surface area contributed by atoms with Gasteiger partial charge in [-0.3, -0.25) is 9.69 Å². The first-order valence-electron chi connectivity index (χ1n) is 10.5. The number of primary amides is 1. The van der Waals surface area contributed by atoms with Crippen molar-refractivity contribution in [3.63, 3.8) is 0 Å². The molecule has 3 heterocycles. The zero-order chi connectivity index (χ0) is 21.1. The summed E-state index contributed by atoms with van der Waals surface area (Å²) in [6.07, 6.45) is 5.17. The molecular formula is C23H30N4O3. The summed E-state index contributed by atoms with van der Waals surface area (Å²) >= 11 is 0. The number of amides is 1. The molecule has 0 bridgehead atoms. The van der Waals surface area contributed by atoms with Gasteiger partial charge in [0.05, 0.1) is 19.8 Å². The molecule has 2 aliphatic rings. The number of hydrogen-bond acceptors (Lipinski definition) is 6. The highest BCUT2D eigenvalue weighted by atomic mass is 16.5. The monoisotopic (exact) mass is 410 g/mol. The average Bonchev–Trinajstić information content (AvgIpc) is 3.16. The Kier molecular flexibility index (Phi) is 5.81. The maximum absolute atomic E-state index is 11.8. The first kappa shape index (κ1) is 20.5. The minimum absolute atomic E-state index is 0.205. The smallest absolute Gasteiger partial charge is 0.252 e. The first-order valence-corrected chi connectivity index (χ1v) is 10.5. The number of hydrogen-bond donors (Lipinski definition) is 1. The Morgan fingerprint density at radius 2 is 2.00 bits per heavy atom. The van der Waals surface area contributed by atoms with Gasteiger partial charge in [-0.05, 0) is 44.0 Å². The van der Waals surface area contributed by atoms with Crippen LogP contribution in [0.2, 0.25) is 0 Å². The molecule has 2 aliphatic heterocycles. The Hall–Kier alpha value is -2.80. The zero-order valence-corrected chi connectivity index (χ0v) is 17.8. The van der Waals surface area contributed by atoms with Crippen molar-refractivity contribution in [1.29, 1.82) is 0 Å². The molecule has 1 amide bonds. The second kappa shape index (κ2) is 8.52. The van der Waals surface area contributed by atoms with E-state index in [2.05, 4.69) is 20.9 Å². The molecule has 7 nitrogen and oxygen atoms in total. The molecule has 0 saturated carbocycles. The van der Waals surface area contributed by atoms with Crippen LogP contribution in [0.5, 0.6) is 11.5 Å². The van der Waals surface area contributed by atoms with Gasteiger partial charge < -0.3 is 20.1 Å². The van der Waals surface area contributed by atoms with Crippen LogP contribution in [0.15, 0.2) is 36.5 Å². The van der Waals surface area contributed by atoms with Crippen LogP contribution in [0.3, 0.4) is 0 Å². The molecule has 0 radical (unpaired) electrons. The molecular weight excluding hydrogens is 380 g/mol. The summed E-state index contributed by atoms with van der Waals surface area (Å²) in [6.45, 7) is 4.71. The van der Waals surface area contributed by atoms with Crippen LogP contribution in [-0.4, -0.2) is 56.2 Å². The van der Waals surface area contributed by atoms with Crippen molar-refractivity contribution in [2.75, 3.05) is 45.3 Å². The Morgan fingerprint density at radius 1 is 1.13 bits per heavy atom. The van der Waals surface area contributed by atoms with E-state index in [0.29, 0.717) is 11.4 Å². The zero-order valence-electron chi connectivity index (χ0n) is 17.8. The number of benzene rings is 1. The van der Waals surface area contributed by atoms with Crippen LogP contribution < -0.4 is 20.1 Å². The number of aromatic nitrogens is 1. The van der Waals surface area contributed by atoms with Gasteiger partial charge in [-0.25, -0.2) is 4.98 Å². The molecule has 2 aromatic rings. The Bertz CT molecular complexity index is 919. The largest absolute Gasteiger partial charge is 0.493 e. The van der Waals surface area contributed by atoms with Crippen molar-refractivity contribution < 1.29 is 14.3 Å². The van der Waals surface area contributed by atoms with Crippen LogP contribution >= 0.6 is 0 Å². The molecule has 160 valence electrons. The molecule has 1 spiro atoms. The van der Waals surface area contributed by atoms with Crippen LogP contribution in [0.4, 0.5) is 5.82 Å². The molecule has 2 saturated heterocycles. The maximum atomic E-state index is 11.8. The molecule has 4 rings (SSSR count). The van der Waals surface area contributed by atoms with Crippen molar-refractivity contribution in [1.82, 2.24) is 9.88 Å². The van der Waals surface area contributed by atoms with Gasteiger partial charge in [-0.2, -0.15) is 0 Å². The summed E-state index contributed by atoms with van der Waals surface area (Å²) in [5.41, 5.74) is 7.43. The number of nitrogens with zero attached hydrogens (tertiary/aromatic N) is 3. The number of carbonyl (C=O) groups is 1. The number of carbonyl (C=O) groups excluding carboxylic acids is 1.